The van der Waals surface area contributed by atoms with Crippen molar-refractivity contribution in [1.82, 2.24) is 19.7 Å². The summed E-state index contributed by atoms with van der Waals surface area (Å²) in [7, 11) is 3.33. The van der Waals surface area contributed by atoms with Crippen molar-refractivity contribution in [3.63, 3.8) is 0 Å². The molecule has 0 atom stereocenters. The van der Waals surface area contributed by atoms with Gasteiger partial charge in [-0.3, -0.25) is 9.48 Å². The molecule has 0 unspecified atom stereocenters. The summed E-state index contributed by atoms with van der Waals surface area (Å²) in [4.78, 5) is 19.2. The number of methoxy groups -OCH3 is 1. The number of carbonyl (C=O) groups is 1. The second-order valence-corrected chi connectivity index (χ2v) is 8.18. The van der Waals surface area contributed by atoms with Gasteiger partial charge < -0.3 is 14.4 Å². The summed E-state index contributed by atoms with van der Waals surface area (Å²) in [5.74, 6) is -0.606. The molecule has 1 amide bonds. The Balaban J connectivity index is 1.37. The first-order chi connectivity index (χ1) is 16.4. The largest absolute Gasteiger partial charge is 0.493 e. The molecule has 2 aromatic carbocycles. The highest BCUT2D eigenvalue weighted by atomic mass is 19.1. The summed E-state index contributed by atoms with van der Waals surface area (Å²) in [5.41, 5.74) is 5.24. The molecule has 0 aliphatic carbocycles. The lowest BCUT2D eigenvalue weighted by Gasteiger charge is -2.16. The van der Waals surface area contributed by atoms with Gasteiger partial charge in [0.25, 0.3) is 5.91 Å². The maximum absolute atomic E-state index is 14.4. The van der Waals surface area contributed by atoms with Crippen LogP contribution in [0, 0.1) is 12.7 Å². The fourth-order valence-corrected chi connectivity index (χ4v) is 4.22. The molecule has 7 nitrogen and oxygen atoms in total. The van der Waals surface area contributed by atoms with E-state index in [-0.39, 0.29) is 23.3 Å². The highest BCUT2D eigenvalue weighted by Gasteiger charge is 2.32. The number of pyridine rings is 1. The van der Waals surface area contributed by atoms with Gasteiger partial charge in [0, 0.05) is 38.1 Å². The van der Waals surface area contributed by atoms with Gasteiger partial charge >= 0.3 is 0 Å². The van der Waals surface area contributed by atoms with Crippen LogP contribution in [-0.2, 0) is 20.1 Å². The highest BCUT2D eigenvalue weighted by molar-refractivity contribution is 6.00. The first-order valence-corrected chi connectivity index (χ1v) is 10.8. The van der Waals surface area contributed by atoms with Crippen molar-refractivity contribution in [2.75, 3.05) is 7.11 Å². The molecule has 3 heterocycles. The van der Waals surface area contributed by atoms with Gasteiger partial charge in [-0.1, -0.05) is 30.3 Å². The fraction of sp³-hybridized carbons (Fsp3) is 0.192. The molecule has 0 radical (unpaired) electrons. The summed E-state index contributed by atoms with van der Waals surface area (Å²) in [6.45, 7) is 2.83. The lowest BCUT2D eigenvalue weighted by molar-refractivity contribution is 0.0764. The third-order valence-electron chi connectivity index (χ3n) is 5.87. The lowest BCUT2D eigenvalue weighted by atomic mass is 10.0. The first-order valence-electron chi connectivity index (χ1n) is 10.8. The number of aromatic nitrogens is 3. The van der Waals surface area contributed by atoms with Crippen molar-refractivity contribution < 1.29 is 18.7 Å². The van der Waals surface area contributed by atoms with Gasteiger partial charge in [-0.05, 0) is 41.8 Å². The molecule has 1 aliphatic rings. The van der Waals surface area contributed by atoms with Gasteiger partial charge in [0.2, 0.25) is 11.6 Å². The summed E-state index contributed by atoms with van der Waals surface area (Å²) in [6, 6.07) is 14.3. The van der Waals surface area contributed by atoms with Crippen LogP contribution in [0.15, 0.2) is 60.9 Å². The van der Waals surface area contributed by atoms with Crippen molar-refractivity contribution in [2.24, 2.45) is 7.05 Å². The predicted octanol–water partition coefficient (Wildman–Crippen LogP) is 4.89. The number of para-hydroxylation sites is 1. The summed E-state index contributed by atoms with van der Waals surface area (Å²) in [5, 5.41) is 4.40. The maximum Gasteiger partial charge on any atom is 0.260 e. The Morgan fingerprint density at radius 1 is 1.12 bits per heavy atom. The molecule has 0 bridgehead atoms. The zero-order chi connectivity index (χ0) is 23.8. The molecule has 0 saturated heterocycles. The minimum Gasteiger partial charge on any atom is -0.493 e. The van der Waals surface area contributed by atoms with E-state index in [1.807, 2.05) is 44.4 Å². The molecule has 8 heteroatoms. The van der Waals surface area contributed by atoms with Crippen molar-refractivity contribution in [3.05, 3.63) is 89.1 Å². The molecule has 0 fully saturated rings. The van der Waals surface area contributed by atoms with Crippen LogP contribution in [0.25, 0.3) is 11.1 Å². The van der Waals surface area contributed by atoms with Crippen molar-refractivity contribution in [3.8, 4) is 28.5 Å². The standard InChI is InChI=1S/C26H23FN4O3/c1-16-20(15-30(2)29-16)18-9-7-17(8-10-18)13-31-14-19-11-12-28-25(23(19)26(31)32)34-24-21(27)5-4-6-22(24)33-3/h4-12,15H,13-14H2,1-3H3. The Morgan fingerprint density at radius 3 is 2.62 bits per heavy atom. The number of hydrogen-bond acceptors (Lipinski definition) is 5. The second-order valence-electron chi connectivity index (χ2n) is 8.18. The van der Waals surface area contributed by atoms with E-state index < -0.39 is 5.82 Å². The second kappa shape index (κ2) is 8.62. The maximum atomic E-state index is 14.4. The Morgan fingerprint density at radius 2 is 1.91 bits per heavy atom. The molecule has 4 aromatic rings. The Hall–Kier alpha value is -4.20. The van der Waals surface area contributed by atoms with Gasteiger partial charge in [0.1, 0.15) is 5.56 Å². The number of amides is 1. The monoisotopic (exact) mass is 458 g/mol. The number of halogens is 1. The van der Waals surface area contributed by atoms with Gasteiger partial charge in [0.15, 0.2) is 11.6 Å². The minimum absolute atomic E-state index is 0.0656. The molecule has 172 valence electrons. The number of rotatable bonds is 6. The van der Waals surface area contributed by atoms with Crippen LogP contribution >= 0.6 is 0 Å². The highest BCUT2D eigenvalue weighted by Crippen LogP contribution is 2.37. The Kier molecular flexibility index (Phi) is 5.49. The van der Waals surface area contributed by atoms with Gasteiger partial charge in [-0.15, -0.1) is 0 Å². The molecule has 0 saturated carbocycles. The third kappa shape index (κ3) is 3.87. The number of aryl methyl sites for hydroxylation is 2. The first kappa shape index (κ1) is 21.6. The third-order valence-corrected chi connectivity index (χ3v) is 5.87. The van der Waals surface area contributed by atoms with Crippen molar-refractivity contribution >= 4 is 5.91 Å². The van der Waals surface area contributed by atoms with Crippen molar-refractivity contribution in [1.29, 1.82) is 0 Å². The number of fused-ring (bicyclic) bond motifs is 1. The normalized spacial score (nSPS) is 12.7. The van der Waals surface area contributed by atoms with Crippen LogP contribution in [0.4, 0.5) is 4.39 Å². The van der Waals surface area contributed by atoms with Crippen LogP contribution in [0.5, 0.6) is 17.4 Å². The predicted molar refractivity (Wildman–Crippen MR) is 124 cm³/mol. The Labute approximate surface area is 196 Å². The van der Waals surface area contributed by atoms with E-state index in [9.17, 15) is 9.18 Å². The van der Waals surface area contributed by atoms with Crippen LogP contribution < -0.4 is 9.47 Å². The van der Waals surface area contributed by atoms with E-state index in [0.29, 0.717) is 18.7 Å². The fourth-order valence-electron chi connectivity index (χ4n) is 4.22. The van der Waals surface area contributed by atoms with E-state index in [2.05, 4.69) is 10.1 Å². The van der Waals surface area contributed by atoms with Crippen LogP contribution in [0.2, 0.25) is 0 Å². The van der Waals surface area contributed by atoms with E-state index in [0.717, 1.165) is 27.9 Å². The topological polar surface area (TPSA) is 69.5 Å². The molecule has 0 spiro atoms. The molecule has 0 N–H and O–H groups in total. The minimum atomic E-state index is -0.593. The number of nitrogens with zero attached hydrogens (tertiary/aromatic N) is 4. The number of ether oxygens (including phenoxy) is 2. The average Bonchev–Trinajstić information content (AvgIpc) is 3.34. The molecular weight excluding hydrogens is 435 g/mol. The smallest absolute Gasteiger partial charge is 0.260 e. The van der Waals surface area contributed by atoms with Gasteiger partial charge in [-0.2, -0.15) is 5.10 Å². The molecule has 1 aliphatic heterocycles. The van der Waals surface area contributed by atoms with Crippen LogP contribution in [-0.4, -0.2) is 32.7 Å². The van der Waals surface area contributed by atoms with Crippen molar-refractivity contribution in [2.45, 2.75) is 20.0 Å². The van der Waals surface area contributed by atoms with Gasteiger partial charge in [0.05, 0.1) is 12.8 Å². The summed E-state index contributed by atoms with van der Waals surface area (Å²) < 4.78 is 27.1. The average molecular weight is 458 g/mol. The Bertz CT molecular complexity index is 1380. The molecular formula is C26H23FN4O3. The van der Waals surface area contributed by atoms with E-state index in [1.54, 1.807) is 27.9 Å². The SMILES string of the molecule is COc1cccc(F)c1Oc1nccc2c1C(=O)N(Cc1ccc(-c3cn(C)nc3C)cc1)C2. The van der Waals surface area contributed by atoms with Gasteiger partial charge in [-0.25, -0.2) is 9.37 Å². The molecule has 2 aromatic heterocycles. The molecule has 5 rings (SSSR count). The van der Waals surface area contributed by atoms with E-state index in [1.165, 1.54) is 19.2 Å². The number of benzene rings is 2. The number of hydrogen-bond donors (Lipinski definition) is 0. The quantitative estimate of drug-likeness (QED) is 0.412. The molecule has 34 heavy (non-hydrogen) atoms. The zero-order valence-corrected chi connectivity index (χ0v) is 19.1. The summed E-state index contributed by atoms with van der Waals surface area (Å²) >= 11 is 0. The number of carbonyl (C=O) groups excluding carboxylic acids is 1. The lowest BCUT2D eigenvalue weighted by Crippen LogP contribution is -2.23. The van der Waals surface area contributed by atoms with Crippen LogP contribution in [0.3, 0.4) is 0 Å². The van der Waals surface area contributed by atoms with E-state index in [4.69, 9.17) is 9.47 Å². The van der Waals surface area contributed by atoms with Crippen LogP contribution in [0.1, 0.15) is 27.2 Å². The zero-order valence-electron chi connectivity index (χ0n) is 19.1. The summed E-state index contributed by atoms with van der Waals surface area (Å²) in [6.07, 6.45) is 3.55. The van der Waals surface area contributed by atoms with E-state index >= 15 is 0 Å².